The van der Waals surface area contributed by atoms with Crippen molar-refractivity contribution >= 4 is 5.78 Å². The summed E-state index contributed by atoms with van der Waals surface area (Å²) in [5.41, 5.74) is 1.01. The Hall–Kier alpha value is -0.370. The molecule has 1 aliphatic heterocycles. The van der Waals surface area contributed by atoms with E-state index in [4.69, 9.17) is 0 Å². The smallest absolute Gasteiger partial charge is 0.155 e. The Bertz CT molecular complexity index is 435. The molecule has 0 unspecified atom stereocenters. The minimum atomic E-state index is -0.221. The second kappa shape index (κ2) is 3.88. The van der Waals surface area contributed by atoms with Crippen LogP contribution in [0.2, 0.25) is 0 Å². The molecular weight excluding hydrogens is 246 g/mol. The number of likely N-dealkylation sites (tertiary alicyclic amines) is 1. The molecule has 0 aromatic heterocycles. The molecule has 2 atom stereocenters. The van der Waals surface area contributed by atoms with E-state index < -0.39 is 0 Å². The number of Topliss-reactive ketones (excluding diaryl/α,β-unsaturated/α-hetero) is 1. The SMILES string of the molecule is CC(C)(C)C(=O)[C@@H]1C[C@@]2(CN1C(C)(C)C)CC21CCC1. The standard InChI is InChI=1S/C18H31NO/c1-15(2,3)14(20)13-10-18(11-17(18)8-7-9-17)12-19(13)16(4,5)6/h13H,7-12H2,1-6H3/t13-,18-/m0/s1. The minimum absolute atomic E-state index is 0.0998. The topological polar surface area (TPSA) is 20.3 Å². The van der Waals surface area contributed by atoms with Gasteiger partial charge in [0.1, 0.15) is 0 Å². The average molecular weight is 277 g/mol. The third kappa shape index (κ3) is 1.90. The van der Waals surface area contributed by atoms with Gasteiger partial charge in [0.05, 0.1) is 6.04 Å². The molecule has 2 heteroatoms. The number of carbonyl (C=O) groups is 1. The molecule has 3 aliphatic rings. The summed E-state index contributed by atoms with van der Waals surface area (Å²) < 4.78 is 0. The van der Waals surface area contributed by atoms with Crippen LogP contribution >= 0.6 is 0 Å². The quantitative estimate of drug-likeness (QED) is 0.721. The Balaban J connectivity index is 1.86. The Labute approximate surface area is 124 Å². The number of ketones is 1. The molecule has 0 radical (unpaired) electrons. The van der Waals surface area contributed by atoms with Crippen molar-refractivity contribution in [2.24, 2.45) is 16.2 Å². The lowest BCUT2D eigenvalue weighted by atomic mass is 9.73. The van der Waals surface area contributed by atoms with Crippen LogP contribution < -0.4 is 0 Å². The predicted octanol–water partition coefficient (Wildman–Crippen LogP) is 4.03. The molecule has 0 N–H and O–H groups in total. The van der Waals surface area contributed by atoms with Crippen molar-refractivity contribution in [3.63, 3.8) is 0 Å². The summed E-state index contributed by atoms with van der Waals surface area (Å²) >= 11 is 0. The summed E-state index contributed by atoms with van der Waals surface area (Å²) in [5.74, 6) is 0.450. The molecule has 1 heterocycles. The molecule has 0 bridgehead atoms. The molecule has 20 heavy (non-hydrogen) atoms. The van der Waals surface area contributed by atoms with Crippen molar-refractivity contribution in [1.82, 2.24) is 4.90 Å². The van der Waals surface area contributed by atoms with E-state index in [-0.39, 0.29) is 17.0 Å². The highest BCUT2D eigenvalue weighted by Crippen LogP contribution is 2.78. The Morgan fingerprint density at radius 2 is 1.65 bits per heavy atom. The van der Waals surface area contributed by atoms with Crippen LogP contribution in [0.25, 0.3) is 0 Å². The number of hydrogen-bond donors (Lipinski definition) is 0. The van der Waals surface area contributed by atoms with Gasteiger partial charge >= 0.3 is 0 Å². The van der Waals surface area contributed by atoms with Gasteiger partial charge in [-0.2, -0.15) is 0 Å². The molecule has 114 valence electrons. The van der Waals surface area contributed by atoms with Crippen molar-refractivity contribution in [3.05, 3.63) is 0 Å². The van der Waals surface area contributed by atoms with Crippen LogP contribution in [-0.2, 0) is 4.79 Å². The molecule has 3 fully saturated rings. The monoisotopic (exact) mass is 277 g/mol. The third-order valence-electron chi connectivity index (χ3n) is 6.32. The number of fused-ring (bicyclic) bond motifs is 1. The molecule has 3 rings (SSSR count). The van der Waals surface area contributed by atoms with E-state index >= 15 is 0 Å². The van der Waals surface area contributed by atoms with Gasteiger partial charge in [0, 0.05) is 17.5 Å². The maximum atomic E-state index is 12.9. The fourth-order valence-corrected chi connectivity index (χ4v) is 4.85. The Morgan fingerprint density at radius 3 is 2.00 bits per heavy atom. The van der Waals surface area contributed by atoms with E-state index in [9.17, 15) is 4.79 Å². The molecule has 0 amide bonds. The maximum Gasteiger partial charge on any atom is 0.155 e. The first-order valence-corrected chi connectivity index (χ1v) is 8.32. The largest absolute Gasteiger partial charge is 0.297 e. The van der Waals surface area contributed by atoms with E-state index in [2.05, 4.69) is 46.4 Å². The average Bonchev–Trinajstić information content (AvgIpc) is 2.70. The summed E-state index contributed by atoms with van der Waals surface area (Å²) in [6, 6.07) is 0.148. The first-order valence-electron chi connectivity index (χ1n) is 8.32. The van der Waals surface area contributed by atoms with E-state index in [0.29, 0.717) is 16.6 Å². The Morgan fingerprint density at radius 1 is 1.05 bits per heavy atom. The highest BCUT2D eigenvalue weighted by molar-refractivity contribution is 5.89. The molecule has 2 nitrogen and oxygen atoms in total. The van der Waals surface area contributed by atoms with Crippen LogP contribution in [-0.4, -0.2) is 28.8 Å². The zero-order valence-electron chi connectivity index (χ0n) is 14.2. The van der Waals surface area contributed by atoms with Gasteiger partial charge in [-0.25, -0.2) is 0 Å². The molecular formula is C18H31NO. The summed E-state index contributed by atoms with van der Waals surface area (Å²) in [7, 11) is 0. The minimum Gasteiger partial charge on any atom is -0.297 e. The number of rotatable bonds is 1. The van der Waals surface area contributed by atoms with Crippen LogP contribution in [0.1, 0.15) is 73.6 Å². The Kier molecular flexibility index (Phi) is 2.83. The van der Waals surface area contributed by atoms with E-state index in [1.165, 1.54) is 25.7 Å². The molecule has 2 saturated carbocycles. The summed E-state index contributed by atoms with van der Waals surface area (Å²) in [4.78, 5) is 15.4. The van der Waals surface area contributed by atoms with Gasteiger partial charge in [-0.1, -0.05) is 27.2 Å². The lowest BCUT2D eigenvalue weighted by Crippen LogP contribution is -2.50. The highest BCUT2D eigenvalue weighted by atomic mass is 16.1. The second-order valence-corrected chi connectivity index (χ2v) is 9.72. The zero-order chi connectivity index (χ0) is 15.0. The van der Waals surface area contributed by atoms with Crippen LogP contribution in [0.4, 0.5) is 0 Å². The second-order valence-electron chi connectivity index (χ2n) is 9.72. The molecule has 2 spiro atoms. The lowest BCUT2D eigenvalue weighted by Gasteiger charge is -2.38. The van der Waals surface area contributed by atoms with E-state index in [1.807, 2.05) is 0 Å². The first kappa shape index (κ1) is 14.6. The predicted molar refractivity (Wildman–Crippen MR) is 82.7 cm³/mol. The summed E-state index contributed by atoms with van der Waals surface area (Å²) in [5, 5.41) is 0. The van der Waals surface area contributed by atoms with Crippen molar-refractivity contribution in [3.8, 4) is 0 Å². The summed E-state index contributed by atoms with van der Waals surface area (Å²) in [6.45, 7) is 14.2. The van der Waals surface area contributed by atoms with Crippen LogP contribution in [0.15, 0.2) is 0 Å². The van der Waals surface area contributed by atoms with E-state index in [1.54, 1.807) is 0 Å². The number of carbonyl (C=O) groups excluding carboxylic acids is 1. The van der Waals surface area contributed by atoms with Gasteiger partial charge in [0.15, 0.2) is 5.78 Å². The van der Waals surface area contributed by atoms with Gasteiger partial charge in [0.2, 0.25) is 0 Å². The molecule has 2 aliphatic carbocycles. The number of hydrogen-bond acceptors (Lipinski definition) is 2. The zero-order valence-corrected chi connectivity index (χ0v) is 14.2. The lowest BCUT2D eigenvalue weighted by molar-refractivity contribution is -0.132. The van der Waals surface area contributed by atoms with Gasteiger partial charge < -0.3 is 0 Å². The van der Waals surface area contributed by atoms with E-state index in [0.717, 1.165) is 13.0 Å². The van der Waals surface area contributed by atoms with Gasteiger partial charge in [-0.3, -0.25) is 9.69 Å². The van der Waals surface area contributed by atoms with Crippen molar-refractivity contribution < 1.29 is 4.79 Å². The first-order chi connectivity index (χ1) is 9.01. The fraction of sp³-hybridized carbons (Fsp3) is 0.944. The van der Waals surface area contributed by atoms with Crippen molar-refractivity contribution in [2.75, 3.05) is 6.54 Å². The van der Waals surface area contributed by atoms with Gasteiger partial charge in [-0.05, 0) is 57.3 Å². The molecule has 1 saturated heterocycles. The molecule has 0 aromatic carbocycles. The van der Waals surface area contributed by atoms with Crippen LogP contribution in [0.5, 0.6) is 0 Å². The van der Waals surface area contributed by atoms with Crippen molar-refractivity contribution in [1.29, 1.82) is 0 Å². The van der Waals surface area contributed by atoms with Crippen LogP contribution in [0, 0.1) is 16.2 Å². The normalized spacial score (nSPS) is 36.4. The summed E-state index contributed by atoms with van der Waals surface area (Å²) in [6.07, 6.45) is 6.76. The van der Waals surface area contributed by atoms with Crippen LogP contribution in [0.3, 0.4) is 0 Å². The van der Waals surface area contributed by atoms with Crippen molar-refractivity contribution in [2.45, 2.75) is 85.2 Å². The fourth-order valence-electron chi connectivity index (χ4n) is 4.85. The number of nitrogens with zero attached hydrogens (tertiary/aromatic N) is 1. The highest BCUT2D eigenvalue weighted by Gasteiger charge is 2.73. The van der Waals surface area contributed by atoms with Gasteiger partial charge in [0.25, 0.3) is 0 Å². The third-order valence-corrected chi connectivity index (χ3v) is 6.32. The van der Waals surface area contributed by atoms with Gasteiger partial charge in [-0.15, -0.1) is 0 Å². The molecule has 0 aromatic rings. The maximum absolute atomic E-state index is 12.9.